The molecule has 3 aromatic carbocycles. The second-order valence-corrected chi connectivity index (χ2v) is 10.4. The van der Waals surface area contributed by atoms with Crippen LogP contribution in [0.2, 0.25) is 6.04 Å². The molecule has 0 saturated heterocycles. The van der Waals surface area contributed by atoms with Gasteiger partial charge in [0, 0.05) is 23.6 Å². The lowest BCUT2D eigenvalue weighted by atomic mass is 10.1. The Kier molecular flexibility index (Phi) is 7.84. The van der Waals surface area contributed by atoms with Crippen molar-refractivity contribution in [3.05, 3.63) is 89.1 Å². The van der Waals surface area contributed by atoms with Gasteiger partial charge in [-0.05, 0) is 54.4 Å². The van der Waals surface area contributed by atoms with Crippen molar-refractivity contribution in [3.63, 3.8) is 0 Å². The first-order chi connectivity index (χ1) is 16.5. The van der Waals surface area contributed by atoms with E-state index >= 15 is 0 Å². The summed E-state index contributed by atoms with van der Waals surface area (Å²) in [6.45, 7) is 2.86. The van der Waals surface area contributed by atoms with E-state index in [0.717, 1.165) is 33.8 Å². The number of thiol groups is 1. The maximum absolute atomic E-state index is 11.7. The van der Waals surface area contributed by atoms with E-state index < -0.39 is 5.91 Å². The predicted octanol–water partition coefficient (Wildman–Crippen LogP) is 4.81. The topological polar surface area (TPSA) is 79.4 Å². The molecule has 1 heterocycles. The molecule has 4 aromatic rings. The molecule has 0 bridgehead atoms. The van der Waals surface area contributed by atoms with E-state index in [9.17, 15) is 4.79 Å². The average molecular weight is 490 g/mol. The first-order valence-electron chi connectivity index (χ1n) is 11.1. The van der Waals surface area contributed by atoms with Crippen LogP contribution >= 0.6 is 12.1 Å². The molecular formula is C26H27N3O3SSi. The van der Waals surface area contributed by atoms with E-state index in [1.54, 1.807) is 6.07 Å². The summed E-state index contributed by atoms with van der Waals surface area (Å²) in [6.07, 6.45) is 4.05. The average Bonchev–Trinajstić information content (AvgIpc) is 3.19. The van der Waals surface area contributed by atoms with Gasteiger partial charge in [0.05, 0.1) is 19.9 Å². The summed E-state index contributed by atoms with van der Waals surface area (Å²) in [7, 11) is -0.336. The number of hydrogen-bond donors (Lipinski definition) is 2. The van der Waals surface area contributed by atoms with E-state index in [4.69, 9.17) is 20.3 Å². The van der Waals surface area contributed by atoms with Crippen LogP contribution in [0, 0.1) is 6.92 Å². The van der Waals surface area contributed by atoms with Gasteiger partial charge in [0.25, 0.3) is 0 Å². The van der Waals surface area contributed by atoms with Crippen molar-refractivity contribution in [2.75, 3.05) is 6.61 Å². The third-order valence-electron chi connectivity index (χ3n) is 5.36. The zero-order valence-corrected chi connectivity index (χ0v) is 21.3. The van der Waals surface area contributed by atoms with Crippen molar-refractivity contribution in [2.45, 2.75) is 19.7 Å². The summed E-state index contributed by atoms with van der Waals surface area (Å²) in [5.74, 6) is 0.700. The maximum Gasteiger partial charge on any atom is 0.249 e. The summed E-state index contributed by atoms with van der Waals surface area (Å²) < 4.78 is 13.7. The lowest BCUT2D eigenvalue weighted by molar-refractivity contribution is 0.0824. The van der Waals surface area contributed by atoms with Crippen LogP contribution in [-0.2, 0) is 11.5 Å². The number of carbonyl (C=O) groups is 1. The minimum Gasteiger partial charge on any atom is -0.457 e. The molecule has 0 fully saturated rings. The van der Waals surface area contributed by atoms with Gasteiger partial charge in [0.15, 0.2) is 0 Å². The molecule has 1 amide bonds. The standard InChI is InChI=1S/C26H27N3O3SSi/c1-18-7-9-20(15-23(18)26(27)30)32-21-10-11-22-24(12-8-19-5-3-2-4-6-19)28-29(25(22)16-21)17-31-13-14-34-33/h2-12,15-16,33H,13-14,17,34H2,1H3,(H2,27,30)/b12-8+. The SMILES string of the molecule is Cc1ccc(Oc2ccc3c(/C=C/c4ccccc4)nn(COCC[SiH2]S)c3c2)cc1C(N)=O. The second-order valence-electron chi connectivity index (χ2n) is 7.87. The molecule has 34 heavy (non-hydrogen) atoms. The zero-order valence-electron chi connectivity index (χ0n) is 19.0. The molecule has 2 N–H and O–H groups in total. The van der Waals surface area contributed by atoms with Crippen molar-refractivity contribution in [1.29, 1.82) is 0 Å². The summed E-state index contributed by atoms with van der Waals surface area (Å²) >= 11 is 4.37. The number of carbonyl (C=O) groups excluding carboxylic acids is 1. The van der Waals surface area contributed by atoms with E-state index in [1.807, 2.05) is 84.4 Å². The van der Waals surface area contributed by atoms with Gasteiger partial charge in [0.2, 0.25) is 5.91 Å². The number of amides is 1. The number of primary amides is 1. The van der Waals surface area contributed by atoms with Crippen molar-refractivity contribution < 1.29 is 14.3 Å². The van der Waals surface area contributed by atoms with Gasteiger partial charge in [0.1, 0.15) is 18.2 Å². The summed E-state index contributed by atoms with van der Waals surface area (Å²) in [5, 5.41) is 5.77. The highest BCUT2D eigenvalue weighted by Crippen LogP contribution is 2.29. The molecule has 0 unspecified atom stereocenters. The summed E-state index contributed by atoms with van der Waals surface area (Å²) in [6, 6.07) is 22.2. The second kappa shape index (κ2) is 11.2. The number of hydrogen-bond acceptors (Lipinski definition) is 5. The van der Waals surface area contributed by atoms with E-state index in [-0.39, 0.29) is 8.67 Å². The molecule has 0 aliphatic heterocycles. The van der Waals surface area contributed by atoms with Gasteiger partial charge in [-0.2, -0.15) is 5.10 Å². The minimum absolute atomic E-state index is 0.336. The van der Waals surface area contributed by atoms with E-state index in [2.05, 4.69) is 12.1 Å². The smallest absolute Gasteiger partial charge is 0.249 e. The quantitative estimate of drug-likeness (QED) is 0.190. The van der Waals surface area contributed by atoms with Crippen LogP contribution in [0.4, 0.5) is 0 Å². The Hall–Kier alpha value is -3.33. The van der Waals surface area contributed by atoms with Crippen LogP contribution in [-0.4, -0.2) is 31.0 Å². The third kappa shape index (κ3) is 5.77. The number of aryl methyl sites for hydroxylation is 1. The molecule has 0 aliphatic carbocycles. The Morgan fingerprint density at radius 3 is 2.62 bits per heavy atom. The number of fused-ring (bicyclic) bond motifs is 1. The lowest BCUT2D eigenvalue weighted by Crippen LogP contribution is -2.12. The first-order valence-corrected chi connectivity index (χ1v) is 14.6. The molecule has 6 nitrogen and oxygen atoms in total. The van der Waals surface area contributed by atoms with Crippen molar-refractivity contribution >= 4 is 49.7 Å². The van der Waals surface area contributed by atoms with Gasteiger partial charge < -0.3 is 15.2 Å². The Labute approximate surface area is 206 Å². The van der Waals surface area contributed by atoms with Crippen LogP contribution in [0.25, 0.3) is 23.1 Å². The van der Waals surface area contributed by atoms with Crippen LogP contribution in [0.5, 0.6) is 11.5 Å². The van der Waals surface area contributed by atoms with Crippen LogP contribution in [0.3, 0.4) is 0 Å². The van der Waals surface area contributed by atoms with Gasteiger partial charge >= 0.3 is 0 Å². The molecular weight excluding hydrogens is 462 g/mol. The van der Waals surface area contributed by atoms with Crippen LogP contribution in [0.15, 0.2) is 66.7 Å². The first kappa shape index (κ1) is 23.8. The molecule has 1 aromatic heterocycles. The number of rotatable bonds is 10. The fraction of sp³-hybridized carbons (Fsp3) is 0.154. The molecule has 0 radical (unpaired) electrons. The molecule has 174 valence electrons. The zero-order chi connectivity index (χ0) is 23.9. The highest BCUT2D eigenvalue weighted by Gasteiger charge is 2.12. The van der Waals surface area contributed by atoms with E-state index in [0.29, 0.717) is 30.4 Å². The third-order valence-corrected chi connectivity index (χ3v) is 6.91. The van der Waals surface area contributed by atoms with Gasteiger partial charge in [-0.3, -0.25) is 4.79 Å². The largest absolute Gasteiger partial charge is 0.457 e. The molecule has 0 spiro atoms. The number of benzene rings is 3. The minimum atomic E-state index is -0.479. The Morgan fingerprint density at radius 2 is 1.85 bits per heavy atom. The fourth-order valence-electron chi connectivity index (χ4n) is 3.59. The van der Waals surface area contributed by atoms with Crippen molar-refractivity contribution in [1.82, 2.24) is 9.78 Å². The Balaban J connectivity index is 1.66. The Morgan fingerprint density at radius 1 is 1.09 bits per heavy atom. The maximum atomic E-state index is 11.7. The molecule has 0 atom stereocenters. The highest BCUT2D eigenvalue weighted by molar-refractivity contribution is 8.06. The van der Waals surface area contributed by atoms with Gasteiger partial charge in [-0.1, -0.05) is 42.5 Å². The van der Waals surface area contributed by atoms with Gasteiger partial charge in [-0.15, -0.1) is 0 Å². The number of nitrogens with two attached hydrogens (primary N) is 1. The highest BCUT2D eigenvalue weighted by atomic mass is 32.3. The van der Waals surface area contributed by atoms with Crippen LogP contribution < -0.4 is 10.5 Å². The summed E-state index contributed by atoms with van der Waals surface area (Å²) in [5.41, 5.74) is 9.59. The van der Waals surface area contributed by atoms with E-state index in [1.165, 1.54) is 0 Å². The number of aromatic nitrogens is 2. The monoisotopic (exact) mass is 489 g/mol. The van der Waals surface area contributed by atoms with Crippen LogP contribution in [0.1, 0.15) is 27.2 Å². The fourth-order valence-corrected chi connectivity index (χ4v) is 4.31. The molecule has 0 aliphatic rings. The van der Waals surface area contributed by atoms with Crippen molar-refractivity contribution in [2.24, 2.45) is 5.73 Å². The molecule has 0 saturated carbocycles. The molecule has 8 heteroatoms. The predicted molar refractivity (Wildman–Crippen MR) is 143 cm³/mol. The molecule has 4 rings (SSSR count). The Bertz CT molecular complexity index is 1320. The number of nitrogens with zero attached hydrogens (tertiary/aromatic N) is 2. The lowest BCUT2D eigenvalue weighted by Gasteiger charge is -2.10. The van der Waals surface area contributed by atoms with Crippen molar-refractivity contribution in [3.8, 4) is 11.5 Å². The normalized spacial score (nSPS) is 11.7. The number of ether oxygens (including phenoxy) is 2. The summed E-state index contributed by atoms with van der Waals surface area (Å²) in [4.78, 5) is 11.7. The van der Waals surface area contributed by atoms with Gasteiger partial charge in [-0.25, -0.2) is 16.8 Å².